The van der Waals surface area contributed by atoms with Gasteiger partial charge in [-0.2, -0.15) is 0 Å². The number of hydrogen-bond donors (Lipinski definition) is 3. The second-order valence-corrected chi connectivity index (χ2v) is 8.13. The zero-order valence-electron chi connectivity index (χ0n) is 17.7. The number of nitrogens with zero attached hydrogens (tertiary/aromatic N) is 2. The zero-order chi connectivity index (χ0) is 20.6. The molecule has 1 aliphatic carbocycles. The molecule has 1 aliphatic heterocycles. The molecule has 0 spiro atoms. The minimum atomic E-state index is 0. The standard InChI is InChI=1S/C21H32ClN5O2.HI/c1-23-21(24-11-9-20(28)25-16-5-3-4-6-16)26-17-10-12-27(14-17)18-13-15(22)7-8-19(18)29-2;/h7-8,13,16-17H,3-6,9-12,14H2,1-2H3,(H,25,28)(H2,23,24,26);1H. The Morgan fingerprint density at radius 3 is 2.70 bits per heavy atom. The monoisotopic (exact) mass is 549 g/mol. The van der Waals surface area contributed by atoms with Crippen LogP contribution in [0.15, 0.2) is 23.2 Å². The van der Waals surface area contributed by atoms with Crippen LogP contribution in [0.1, 0.15) is 38.5 Å². The number of benzene rings is 1. The van der Waals surface area contributed by atoms with E-state index in [1.165, 1.54) is 12.8 Å². The lowest BCUT2D eigenvalue weighted by Gasteiger charge is -2.22. The molecule has 0 aromatic heterocycles. The van der Waals surface area contributed by atoms with Crippen molar-refractivity contribution in [1.82, 2.24) is 16.0 Å². The number of anilines is 1. The Morgan fingerprint density at radius 1 is 1.23 bits per heavy atom. The van der Waals surface area contributed by atoms with Crippen LogP contribution in [0, 0.1) is 0 Å². The van der Waals surface area contributed by atoms with E-state index in [-0.39, 0.29) is 35.9 Å². The molecule has 2 aliphatic rings. The Bertz CT molecular complexity index is 727. The van der Waals surface area contributed by atoms with Crippen LogP contribution < -0.4 is 25.6 Å². The summed E-state index contributed by atoms with van der Waals surface area (Å²) >= 11 is 6.17. The summed E-state index contributed by atoms with van der Waals surface area (Å²) in [4.78, 5) is 18.6. The summed E-state index contributed by atoms with van der Waals surface area (Å²) < 4.78 is 5.48. The minimum Gasteiger partial charge on any atom is -0.495 e. The molecule has 2 fully saturated rings. The maximum atomic E-state index is 12.1. The predicted molar refractivity (Wildman–Crippen MR) is 134 cm³/mol. The molecule has 1 amide bonds. The highest BCUT2D eigenvalue weighted by molar-refractivity contribution is 14.0. The quantitative estimate of drug-likeness (QED) is 0.277. The van der Waals surface area contributed by atoms with Gasteiger partial charge in [-0.15, -0.1) is 24.0 Å². The molecule has 1 unspecified atom stereocenters. The van der Waals surface area contributed by atoms with E-state index in [0.717, 1.165) is 49.7 Å². The third-order valence-electron chi connectivity index (χ3n) is 5.60. The fourth-order valence-corrected chi connectivity index (χ4v) is 4.23. The van der Waals surface area contributed by atoms with Gasteiger partial charge in [-0.25, -0.2) is 0 Å². The van der Waals surface area contributed by atoms with Crippen molar-refractivity contribution in [1.29, 1.82) is 0 Å². The first-order chi connectivity index (χ1) is 14.1. The van der Waals surface area contributed by atoms with Gasteiger partial charge in [-0.05, 0) is 37.5 Å². The molecule has 1 saturated heterocycles. The lowest BCUT2D eigenvalue weighted by Crippen LogP contribution is -2.45. The zero-order valence-corrected chi connectivity index (χ0v) is 20.8. The summed E-state index contributed by atoms with van der Waals surface area (Å²) in [5, 5.41) is 10.5. The van der Waals surface area contributed by atoms with Crippen molar-refractivity contribution in [3.63, 3.8) is 0 Å². The first kappa shape index (κ1) is 24.8. The number of hydrogen-bond acceptors (Lipinski definition) is 4. The predicted octanol–water partition coefficient (Wildman–Crippen LogP) is 3.16. The van der Waals surface area contributed by atoms with Crippen LogP contribution in [-0.2, 0) is 4.79 Å². The lowest BCUT2D eigenvalue weighted by atomic mass is 10.2. The Balaban J connectivity index is 0.00000320. The average Bonchev–Trinajstić information content (AvgIpc) is 3.39. The summed E-state index contributed by atoms with van der Waals surface area (Å²) in [6, 6.07) is 6.31. The van der Waals surface area contributed by atoms with Crippen LogP contribution in [0.4, 0.5) is 5.69 Å². The average molecular weight is 550 g/mol. The van der Waals surface area contributed by atoms with Crippen molar-refractivity contribution in [2.45, 2.75) is 50.6 Å². The Labute approximate surface area is 201 Å². The summed E-state index contributed by atoms with van der Waals surface area (Å²) in [6.45, 7) is 2.31. The van der Waals surface area contributed by atoms with Gasteiger partial charge in [0.05, 0.1) is 12.8 Å². The number of methoxy groups -OCH3 is 1. The maximum Gasteiger partial charge on any atom is 0.221 e. The summed E-state index contributed by atoms with van der Waals surface area (Å²) in [6.07, 6.45) is 6.10. The van der Waals surface area contributed by atoms with Gasteiger partial charge in [0.1, 0.15) is 5.75 Å². The van der Waals surface area contributed by atoms with E-state index in [1.54, 1.807) is 14.2 Å². The number of guanidine groups is 1. The second kappa shape index (κ2) is 12.4. The van der Waals surface area contributed by atoms with Gasteiger partial charge >= 0.3 is 0 Å². The van der Waals surface area contributed by atoms with Crippen molar-refractivity contribution in [3.8, 4) is 5.75 Å². The molecule has 1 heterocycles. The molecule has 1 aromatic rings. The Kier molecular flexibility index (Phi) is 10.3. The van der Waals surface area contributed by atoms with Gasteiger partial charge in [-0.3, -0.25) is 9.79 Å². The third-order valence-corrected chi connectivity index (χ3v) is 5.83. The lowest BCUT2D eigenvalue weighted by molar-refractivity contribution is -0.121. The number of carbonyl (C=O) groups excluding carboxylic acids is 1. The molecular weight excluding hydrogens is 517 g/mol. The number of nitrogens with one attached hydrogen (secondary N) is 3. The van der Waals surface area contributed by atoms with E-state index in [9.17, 15) is 4.79 Å². The van der Waals surface area contributed by atoms with E-state index >= 15 is 0 Å². The smallest absolute Gasteiger partial charge is 0.221 e. The molecule has 0 radical (unpaired) electrons. The van der Waals surface area contributed by atoms with E-state index in [1.807, 2.05) is 18.2 Å². The Morgan fingerprint density at radius 2 is 2.00 bits per heavy atom. The number of halogens is 2. The first-order valence-electron chi connectivity index (χ1n) is 10.4. The van der Waals surface area contributed by atoms with Crippen molar-refractivity contribution >= 4 is 53.1 Å². The Hall–Kier alpha value is -1.42. The van der Waals surface area contributed by atoms with E-state index < -0.39 is 0 Å². The topological polar surface area (TPSA) is 78.0 Å². The highest BCUT2D eigenvalue weighted by atomic mass is 127. The summed E-state index contributed by atoms with van der Waals surface area (Å²) in [5.41, 5.74) is 1.01. The minimum absolute atomic E-state index is 0. The number of rotatable bonds is 7. The number of ether oxygens (including phenoxy) is 1. The molecule has 30 heavy (non-hydrogen) atoms. The van der Waals surface area contributed by atoms with Gasteiger partial charge in [0.15, 0.2) is 5.96 Å². The van der Waals surface area contributed by atoms with E-state index in [4.69, 9.17) is 16.3 Å². The van der Waals surface area contributed by atoms with Crippen LogP contribution in [0.5, 0.6) is 5.75 Å². The molecule has 168 valence electrons. The van der Waals surface area contributed by atoms with E-state index in [2.05, 4.69) is 25.8 Å². The molecule has 1 atom stereocenters. The maximum absolute atomic E-state index is 12.1. The molecular formula is C21H33ClIN5O2. The number of aliphatic imine (C=N–C) groups is 1. The molecule has 3 rings (SSSR count). The molecule has 7 nitrogen and oxygen atoms in total. The van der Waals surface area contributed by atoms with Crippen LogP contribution in [-0.4, -0.2) is 57.7 Å². The van der Waals surface area contributed by atoms with Crippen molar-refractivity contribution in [3.05, 3.63) is 23.2 Å². The fraction of sp³-hybridized carbons (Fsp3) is 0.619. The largest absolute Gasteiger partial charge is 0.495 e. The first-order valence-corrected chi connectivity index (χ1v) is 10.8. The molecule has 9 heteroatoms. The van der Waals surface area contributed by atoms with Crippen molar-refractivity contribution in [2.24, 2.45) is 4.99 Å². The van der Waals surface area contributed by atoms with Gasteiger partial charge in [0.25, 0.3) is 0 Å². The van der Waals surface area contributed by atoms with E-state index in [0.29, 0.717) is 24.0 Å². The highest BCUT2D eigenvalue weighted by Crippen LogP contribution is 2.33. The molecule has 0 bridgehead atoms. The van der Waals surface area contributed by atoms with Gasteiger partial charge in [-0.1, -0.05) is 24.4 Å². The SMILES string of the molecule is CN=C(NCCC(=O)NC1CCCC1)NC1CCN(c2cc(Cl)ccc2OC)C1.I. The second-order valence-electron chi connectivity index (χ2n) is 7.69. The van der Waals surface area contributed by atoms with Gasteiger partial charge < -0.3 is 25.6 Å². The molecule has 1 saturated carbocycles. The van der Waals surface area contributed by atoms with Crippen molar-refractivity contribution < 1.29 is 9.53 Å². The van der Waals surface area contributed by atoms with Gasteiger partial charge in [0, 0.05) is 50.2 Å². The summed E-state index contributed by atoms with van der Waals surface area (Å²) in [7, 11) is 3.42. The summed E-state index contributed by atoms with van der Waals surface area (Å²) in [5.74, 6) is 1.66. The molecule has 3 N–H and O–H groups in total. The fourth-order valence-electron chi connectivity index (χ4n) is 4.06. The van der Waals surface area contributed by atoms with Crippen LogP contribution in [0.25, 0.3) is 0 Å². The van der Waals surface area contributed by atoms with Crippen molar-refractivity contribution in [2.75, 3.05) is 38.7 Å². The number of amides is 1. The highest BCUT2D eigenvalue weighted by Gasteiger charge is 2.25. The van der Waals surface area contributed by atoms with Gasteiger partial charge in [0.2, 0.25) is 5.91 Å². The van der Waals surface area contributed by atoms with Crippen LogP contribution in [0.3, 0.4) is 0 Å². The third kappa shape index (κ3) is 7.08. The van der Waals surface area contributed by atoms with Crippen LogP contribution in [0.2, 0.25) is 5.02 Å². The normalized spacial score (nSPS) is 19.4. The molecule has 1 aromatic carbocycles. The number of carbonyl (C=O) groups is 1. The van der Waals surface area contributed by atoms with Crippen LogP contribution >= 0.6 is 35.6 Å².